The SMILES string of the molecule is COc1ccc(-c2nc(CN3CC[C@H]4CC[C@@H](C3)N4)c(C)o2)c(OC)c1C. The molecule has 2 bridgehead atoms. The topological polar surface area (TPSA) is 59.8 Å². The van der Waals surface area contributed by atoms with Crippen molar-refractivity contribution >= 4 is 0 Å². The summed E-state index contributed by atoms with van der Waals surface area (Å²) >= 11 is 0. The van der Waals surface area contributed by atoms with Crippen molar-refractivity contribution in [2.24, 2.45) is 0 Å². The molecule has 1 N–H and O–H groups in total. The molecule has 2 aromatic rings. The lowest BCUT2D eigenvalue weighted by atomic mass is 10.1. The first-order valence-corrected chi connectivity index (χ1v) is 9.75. The van der Waals surface area contributed by atoms with Crippen molar-refractivity contribution in [3.8, 4) is 23.0 Å². The van der Waals surface area contributed by atoms with Gasteiger partial charge in [0.1, 0.15) is 17.3 Å². The number of likely N-dealkylation sites (tertiary alicyclic amines) is 1. The number of ether oxygens (including phenoxy) is 2. The minimum Gasteiger partial charge on any atom is -0.496 e. The Kier molecular flexibility index (Phi) is 5.10. The predicted octanol–water partition coefficient (Wildman–Crippen LogP) is 3.30. The lowest BCUT2D eigenvalue weighted by molar-refractivity contribution is 0.247. The van der Waals surface area contributed by atoms with Gasteiger partial charge < -0.3 is 19.2 Å². The molecule has 0 saturated carbocycles. The molecule has 1 aromatic heterocycles. The Morgan fingerprint density at radius 1 is 1.15 bits per heavy atom. The molecule has 0 amide bonds. The van der Waals surface area contributed by atoms with Crippen LogP contribution >= 0.6 is 0 Å². The average Bonchev–Trinajstić information content (AvgIpc) is 3.18. The number of methoxy groups -OCH3 is 2. The maximum atomic E-state index is 6.03. The van der Waals surface area contributed by atoms with Crippen molar-refractivity contribution in [3.05, 3.63) is 29.2 Å². The van der Waals surface area contributed by atoms with Crippen molar-refractivity contribution in [1.82, 2.24) is 15.2 Å². The van der Waals surface area contributed by atoms with Crippen LogP contribution in [0.4, 0.5) is 0 Å². The molecule has 2 aliphatic rings. The van der Waals surface area contributed by atoms with Gasteiger partial charge in [0, 0.05) is 37.3 Å². The van der Waals surface area contributed by atoms with E-state index in [1.165, 1.54) is 19.3 Å². The van der Waals surface area contributed by atoms with Crippen LogP contribution in [0.25, 0.3) is 11.5 Å². The summed E-state index contributed by atoms with van der Waals surface area (Å²) in [5, 5.41) is 3.73. The maximum Gasteiger partial charge on any atom is 0.230 e. The summed E-state index contributed by atoms with van der Waals surface area (Å²) in [4.78, 5) is 7.32. The number of benzene rings is 1. The monoisotopic (exact) mass is 371 g/mol. The second kappa shape index (κ2) is 7.52. The van der Waals surface area contributed by atoms with Crippen molar-refractivity contribution in [3.63, 3.8) is 0 Å². The third-order valence-corrected chi connectivity index (χ3v) is 5.88. The van der Waals surface area contributed by atoms with E-state index in [1.54, 1.807) is 14.2 Å². The Balaban J connectivity index is 1.57. The van der Waals surface area contributed by atoms with E-state index < -0.39 is 0 Å². The first-order chi connectivity index (χ1) is 13.1. The Labute approximate surface area is 160 Å². The molecule has 0 aliphatic carbocycles. The van der Waals surface area contributed by atoms with Gasteiger partial charge >= 0.3 is 0 Å². The molecule has 2 saturated heterocycles. The van der Waals surface area contributed by atoms with Crippen molar-refractivity contribution in [1.29, 1.82) is 0 Å². The number of oxazole rings is 1. The number of fused-ring (bicyclic) bond motifs is 2. The van der Waals surface area contributed by atoms with E-state index in [4.69, 9.17) is 18.9 Å². The fraction of sp³-hybridized carbons (Fsp3) is 0.571. The zero-order valence-electron chi connectivity index (χ0n) is 16.7. The van der Waals surface area contributed by atoms with Crippen molar-refractivity contribution < 1.29 is 13.9 Å². The second-order valence-electron chi connectivity index (χ2n) is 7.66. The molecule has 0 spiro atoms. The van der Waals surface area contributed by atoms with Crippen molar-refractivity contribution in [2.45, 2.75) is 51.7 Å². The average molecular weight is 371 g/mol. The van der Waals surface area contributed by atoms with E-state index in [9.17, 15) is 0 Å². The zero-order valence-corrected chi connectivity index (χ0v) is 16.7. The number of nitrogens with zero attached hydrogens (tertiary/aromatic N) is 2. The molecule has 2 aliphatic heterocycles. The summed E-state index contributed by atoms with van der Waals surface area (Å²) in [5.41, 5.74) is 2.82. The summed E-state index contributed by atoms with van der Waals surface area (Å²) in [7, 11) is 3.33. The Morgan fingerprint density at radius 2 is 1.96 bits per heavy atom. The van der Waals surface area contributed by atoms with Gasteiger partial charge in [-0.3, -0.25) is 4.90 Å². The van der Waals surface area contributed by atoms with Crippen molar-refractivity contribution in [2.75, 3.05) is 27.3 Å². The van der Waals surface area contributed by atoms with Gasteiger partial charge in [0.25, 0.3) is 0 Å². The summed E-state index contributed by atoms with van der Waals surface area (Å²) in [6.07, 6.45) is 3.82. The summed E-state index contributed by atoms with van der Waals surface area (Å²) in [6, 6.07) is 5.20. The molecule has 27 heavy (non-hydrogen) atoms. The highest BCUT2D eigenvalue weighted by Crippen LogP contribution is 2.38. The molecule has 2 atom stereocenters. The molecule has 0 unspecified atom stereocenters. The smallest absolute Gasteiger partial charge is 0.230 e. The van der Waals surface area contributed by atoms with Gasteiger partial charge in [0.15, 0.2) is 0 Å². The van der Waals surface area contributed by atoms with Crippen LogP contribution < -0.4 is 14.8 Å². The minimum absolute atomic E-state index is 0.611. The fourth-order valence-electron chi connectivity index (χ4n) is 4.39. The Bertz CT molecular complexity index is 817. The Hall–Kier alpha value is -2.05. The fourth-order valence-corrected chi connectivity index (χ4v) is 4.39. The van der Waals surface area contributed by atoms with Gasteiger partial charge in [-0.05, 0) is 45.2 Å². The van der Waals surface area contributed by atoms with E-state index in [2.05, 4.69) is 10.2 Å². The van der Waals surface area contributed by atoms with E-state index in [-0.39, 0.29) is 0 Å². The summed E-state index contributed by atoms with van der Waals surface area (Å²) < 4.78 is 17.1. The third kappa shape index (κ3) is 3.56. The van der Waals surface area contributed by atoms with Gasteiger partial charge in [-0.1, -0.05) is 0 Å². The number of aryl methyl sites for hydroxylation is 1. The minimum atomic E-state index is 0.611. The highest BCUT2D eigenvalue weighted by Gasteiger charge is 2.30. The van der Waals surface area contributed by atoms with Crippen LogP contribution in [0.3, 0.4) is 0 Å². The molecule has 0 radical (unpaired) electrons. The molecular formula is C21H29N3O3. The highest BCUT2D eigenvalue weighted by atomic mass is 16.5. The van der Waals surface area contributed by atoms with E-state index >= 15 is 0 Å². The van der Waals surface area contributed by atoms with Gasteiger partial charge in [-0.2, -0.15) is 0 Å². The molecule has 6 heteroatoms. The molecule has 6 nitrogen and oxygen atoms in total. The van der Waals surface area contributed by atoms with Crippen LogP contribution in [0.15, 0.2) is 16.5 Å². The first kappa shape index (κ1) is 18.3. The second-order valence-corrected chi connectivity index (χ2v) is 7.66. The molecule has 4 rings (SSSR count). The van der Waals surface area contributed by atoms with Crippen LogP contribution in [-0.4, -0.2) is 49.3 Å². The number of nitrogens with one attached hydrogen (secondary N) is 1. The van der Waals surface area contributed by atoms with Crippen LogP contribution in [0, 0.1) is 13.8 Å². The molecule has 146 valence electrons. The van der Waals surface area contributed by atoms with Crippen LogP contribution in [0.2, 0.25) is 0 Å². The van der Waals surface area contributed by atoms with Crippen LogP contribution in [0.5, 0.6) is 11.5 Å². The summed E-state index contributed by atoms with van der Waals surface area (Å²) in [5.74, 6) is 3.03. The van der Waals surface area contributed by atoms with Gasteiger partial charge in [0.2, 0.25) is 5.89 Å². The van der Waals surface area contributed by atoms with Crippen LogP contribution in [-0.2, 0) is 6.54 Å². The standard InChI is InChI=1S/C21H29N3O3/c1-13-19(25-3)8-7-17(20(13)26-4)21-23-18(14(2)27-21)12-24-10-9-15-5-6-16(11-24)22-15/h7-8,15-16,22H,5-6,9-12H2,1-4H3/t15-,16+/m1/s1. The highest BCUT2D eigenvalue weighted by molar-refractivity contribution is 5.68. The third-order valence-electron chi connectivity index (χ3n) is 5.88. The summed E-state index contributed by atoms with van der Waals surface area (Å²) in [6.45, 7) is 7.01. The number of hydrogen-bond acceptors (Lipinski definition) is 6. The van der Waals surface area contributed by atoms with E-state index in [0.717, 1.165) is 53.7 Å². The van der Waals surface area contributed by atoms with Crippen LogP contribution in [0.1, 0.15) is 36.3 Å². The normalized spacial score (nSPS) is 22.7. The maximum absolute atomic E-state index is 6.03. The number of aromatic nitrogens is 1. The number of hydrogen-bond donors (Lipinski definition) is 1. The molecular weight excluding hydrogens is 342 g/mol. The lowest BCUT2D eigenvalue weighted by Crippen LogP contribution is -2.35. The van der Waals surface area contributed by atoms with E-state index in [0.29, 0.717) is 18.0 Å². The van der Waals surface area contributed by atoms with Gasteiger partial charge in [-0.25, -0.2) is 4.98 Å². The van der Waals surface area contributed by atoms with Gasteiger partial charge in [-0.15, -0.1) is 0 Å². The van der Waals surface area contributed by atoms with Gasteiger partial charge in [0.05, 0.1) is 25.5 Å². The largest absolute Gasteiger partial charge is 0.496 e. The first-order valence-electron chi connectivity index (χ1n) is 9.75. The molecule has 3 heterocycles. The number of rotatable bonds is 5. The Morgan fingerprint density at radius 3 is 2.74 bits per heavy atom. The molecule has 2 fully saturated rings. The molecule has 1 aromatic carbocycles. The lowest BCUT2D eigenvalue weighted by Gasteiger charge is -2.23. The quantitative estimate of drug-likeness (QED) is 0.870. The zero-order chi connectivity index (χ0) is 19.0. The predicted molar refractivity (Wildman–Crippen MR) is 104 cm³/mol. The van der Waals surface area contributed by atoms with E-state index in [1.807, 2.05) is 26.0 Å².